The van der Waals surface area contributed by atoms with Crippen molar-refractivity contribution in [1.29, 1.82) is 0 Å². The molecule has 1 amide bonds. The number of ether oxygens (including phenoxy) is 1. The van der Waals surface area contributed by atoms with Crippen LogP contribution in [0.3, 0.4) is 0 Å². The summed E-state index contributed by atoms with van der Waals surface area (Å²) in [7, 11) is 1.55. The van der Waals surface area contributed by atoms with E-state index in [-0.39, 0.29) is 11.7 Å². The summed E-state index contributed by atoms with van der Waals surface area (Å²) in [6, 6.07) is 3.58. The molecule has 7 nitrogen and oxygen atoms in total. The van der Waals surface area contributed by atoms with E-state index in [2.05, 4.69) is 20.6 Å². The Kier molecular flexibility index (Phi) is 4.94. The summed E-state index contributed by atoms with van der Waals surface area (Å²) in [5, 5.41) is 6.47. The minimum Gasteiger partial charge on any atom is -0.481 e. The molecule has 2 rings (SSSR count). The van der Waals surface area contributed by atoms with Gasteiger partial charge in [-0.3, -0.25) is 4.79 Å². The van der Waals surface area contributed by atoms with Gasteiger partial charge in [-0.1, -0.05) is 17.4 Å². The molecular weight excluding hydrogens is 290 g/mol. The maximum atomic E-state index is 12.1. The van der Waals surface area contributed by atoms with E-state index in [0.717, 1.165) is 12.1 Å². The molecular formula is C13H17N5O2S. The van der Waals surface area contributed by atoms with Crippen LogP contribution in [0.5, 0.6) is 5.88 Å². The Hall–Kier alpha value is -2.35. The number of rotatable bonds is 6. The van der Waals surface area contributed by atoms with Crippen molar-refractivity contribution < 1.29 is 9.53 Å². The summed E-state index contributed by atoms with van der Waals surface area (Å²) in [5.41, 5.74) is 6.62. The van der Waals surface area contributed by atoms with Gasteiger partial charge in [0.25, 0.3) is 5.91 Å². The van der Waals surface area contributed by atoms with Crippen molar-refractivity contribution >= 4 is 28.2 Å². The lowest BCUT2D eigenvalue weighted by atomic mass is 10.3. The molecule has 0 saturated carbocycles. The van der Waals surface area contributed by atoms with Crippen LogP contribution >= 0.6 is 11.3 Å². The summed E-state index contributed by atoms with van der Waals surface area (Å²) < 4.78 is 4.98. The van der Waals surface area contributed by atoms with Crippen LogP contribution in [0.15, 0.2) is 18.3 Å². The molecule has 0 aliphatic heterocycles. The van der Waals surface area contributed by atoms with E-state index in [1.165, 1.54) is 11.3 Å². The lowest BCUT2D eigenvalue weighted by Crippen LogP contribution is -2.22. The number of hydrogen-bond acceptors (Lipinski definition) is 7. The number of nitrogens with two attached hydrogens (primary N) is 1. The van der Waals surface area contributed by atoms with Crippen LogP contribution in [0.1, 0.15) is 22.2 Å². The number of anilines is 2. The summed E-state index contributed by atoms with van der Waals surface area (Å²) in [5.74, 6) is 0.526. The summed E-state index contributed by atoms with van der Waals surface area (Å²) >= 11 is 1.24. The fourth-order valence-corrected chi connectivity index (χ4v) is 2.49. The van der Waals surface area contributed by atoms with Crippen molar-refractivity contribution in [2.45, 2.75) is 13.5 Å². The highest BCUT2D eigenvalue weighted by Crippen LogP contribution is 2.24. The third kappa shape index (κ3) is 3.82. The molecule has 0 saturated heterocycles. The molecule has 2 aromatic heterocycles. The standard InChI is InChI=1S/C13H17N5O2S/c1-3-15-13-18-11(14)10(21-13)12(19)17-7-8-4-5-9(20-2)16-6-8/h4-6H,3,7,14H2,1-2H3,(H,15,18)(H,17,19). The second-order valence-electron chi connectivity index (χ2n) is 4.16. The van der Waals surface area contributed by atoms with Gasteiger partial charge in [-0.25, -0.2) is 9.97 Å². The van der Waals surface area contributed by atoms with Gasteiger partial charge in [-0.05, 0) is 12.5 Å². The first-order valence-electron chi connectivity index (χ1n) is 6.41. The first-order chi connectivity index (χ1) is 10.1. The number of aromatic nitrogens is 2. The molecule has 0 atom stereocenters. The van der Waals surface area contributed by atoms with Crippen LogP contribution in [-0.4, -0.2) is 29.5 Å². The van der Waals surface area contributed by atoms with Crippen molar-refractivity contribution in [2.75, 3.05) is 24.7 Å². The van der Waals surface area contributed by atoms with E-state index in [1.54, 1.807) is 19.4 Å². The largest absolute Gasteiger partial charge is 0.481 e. The number of nitrogens with one attached hydrogen (secondary N) is 2. The molecule has 0 aliphatic rings. The van der Waals surface area contributed by atoms with Crippen molar-refractivity contribution in [3.8, 4) is 5.88 Å². The maximum Gasteiger partial charge on any atom is 0.265 e. The Morgan fingerprint density at radius 2 is 2.29 bits per heavy atom. The number of nitrogens with zero attached hydrogens (tertiary/aromatic N) is 2. The Bertz CT molecular complexity index is 612. The SMILES string of the molecule is CCNc1nc(N)c(C(=O)NCc2ccc(OC)nc2)s1. The Morgan fingerprint density at radius 3 is 2.90 bits per heavy atom. The number of pyridine rings is 1. The van der Waals surface area contributed by atoms with E-state index in [0.29, 0.717) is 22.4 Å². The quantitative estimate of drug-likeness (QED) is 0.747. The minimum absolute atomic E-state index is 0.237. The molecule has 112 valence electrons. The van der Waals surface area contributed by atoms with Gasteiger partial charge >= 0.3 is 0 Å². The van der Waals surface area contributed by atoms with Gasteiger partial charge in [0.15, 0.2) is 5.13 Å². The monoisotopic (exact) mass is 307 g/mol. The van der Waals surface area contributed by atoms with Crippen molar-refractivity contribution in [1.82, 2.24) is 15.3 Å². The van der Waals surface area contributed by atoms with Crippen molar-refractivity contribution in [3.05, 3.63) is 28.8 Å². The van der Waals surface area contributed by atoms with Crippen LogP contribution in [0.2, 0.25) is 0 Å². The number of carbonyl (C=O) groups excluding carboxylic acids is 1. The molecule has 2 aromatic rings. The zero-order chi connectivity index (χ0) is 15.2. The first-order valence-corrected chi connectivity index (χ1v) is 7.23. The molecule has 0 spiro atoms. The van der Waals surface area contributed by atoms with Crippen LogP contribution < -0.4 is 21.1 Å². The molecule has 0 bridgehead atoms. The highest BCUT2D eigenvalue weighted by Gasteiger charge is 2.15. The minimum atomic E-state index is -0.245. The average molecular weight is 307 g/mol. The number of amides is 1. The molecule has 0 fully saturated rings. The van der Waals surface area contributed by atoms with Gasteiger partial charge in [0, 0.05) is 25.4 Å². The van der Waals surface area contributed by atoms with Crippen LogP contribution in [0.25, 0.3) is 0 Å². The fourth-order valence-electron chi connectivity index (χ4n) is 1.62. The summed E-state index contributed by atoms with van der Waals surface area (Å²) in [4.78, 5) is 20.7. The van der Waals surface area contributed by atoms with Crippen LogP contribution in [0.4, 0.5) is 10.9 Å². The Morgan fingerprint density at radius 1 is 1.48 bits per heavy atom. The van der Waals surface area contributed by atoms with E-state index in [1.807, 2.05) is 13.0 Å². The van der Waals surface area contributed by atoms with Gasteiger partial charge in [-0.2, -0.15) is 0 Å². The number of hydrogen-bond donors (Lipinski definition) is 3. The second kappa shape index (κ2) is 6.89. The Labute approximate surface area is 126 Å². The van der Waals surface area contributed by atoms with Crippen molar-refractivity contribution in [3.63, 3.8) is 0 Å². The first kappa shape index (κ1) is 15.0. The molecule has 2 heterocycles. The zero-order valence-electron chi connectivity index (χ0n) is 11.8. The molecule has 0 aromatic carbocycles. The number of carbonyl (C=O) groups is 1. The summed E-state index contributed by atoms with van der Waals surface area (Å²) in [6.07, 6.45) is 1.65. The Balaban J connectivity index is 1.97. The predicted molar refractivity (Wildman–Crippen MR) is 82.6 cm³/mol. The summed E-state index contributed by atoms with van der Waals surface area (Å²) in [6.45, 7) is 3.04. The van der Waals surface area contributed by atoms with E-state index in [4.69, 9.17) is 10.5 Å². The van der Waals surface area contributed by atoms with Crippen LogP contribution in [-0.2, 0) is 6.54 Å². The van der Waals surface area contributed by atoms with E-state index < -0.39 is 0 Å². The predicted octanol–water partition coefficient (Wildman–Crippen LogP) is 1.49. The molecule has 0 aliphatic carbocycles. The molecule has 8 heteroatoms. The van der Waals surface area contributed by atoms with Gasteiger partial charge in [-0.15, -0.1) is 0 Å². The topological polar surface area (TPSA) is 102 Å². The third-order valence-corrected chi connectivity index (χ3v) is 3.68. The van der Waals surface area contributed by atoms with E-state index in [9.17, 15) is 4.79 Å². The highest BCUT2D eigenvalue weighted by atomic mass is 32.1. The molecule has 0 unspecified atom stereocenters. The van der Waals surface area contributed by atoms with Crippen molar-refractivity contribution in [2.24, 2.45) is 0 Å². The lowest BCUT2D eigenvalue weighted by Gasteiger charge is -2.04. The highest BCUT2D eigenvalue weighted by molar-refractivity contribution is 7.18. The average Bonchev–Trinajstić information content (AvgIpc) is 2.86. The second-order valence-corrected chi connectivity index (χ2v) is 5.15. The van der Waals surface area contributed by atoms with Gasteiger partial charge in [0.2, 0.25) is 5.88 Å². The normalized spacial score (nSPS) is 10.2. The smallest absolute Gasteiger partial charge is 0.265 e. The lowest BCUT2D eigenvalue weighted by molar-refractivity contribution is 0.0955. The van der Waals surface area contributed by atoms with Gasteiger partial charge in [0.05, 0.1) is 7.11 Å². The molecule has 4 N–H and O–H groups in total. The maximum absolute atomic E-state index is 12.1. The zero-order valence-corrected chi connectivity index (χ0v) is 12.7. The van der Waals surface area contributed by atoms with E-state index >= 15 is 0 Å². The van der Waals surface area contributed by atoms with Crippen LogP contribution in [0, 0.1) is 0 Å². The van der Waals surface area contributed by atoms with Gasteiger partial charge < -0.3 is 21.1 Å². The number of thiazole rings is 1. The van der Waals surface area contributed by atoms with Gasteiger partial charge in [0.1, 0.15) is 10.7 Å². The number of nitrogen functional groups attached to an aromatic ring is 1. The third-order valence-electron chi connectivity index (χ3n) is 2.65. The number of methoxy groups -OCH3 is 1. The molecule has 0 radical (unpaired) electrons. The molecule has 21 heavy (non-hydrogen) atoms. The fraction of sp³-hybridized carbons (Fsp3) is 0.308.